The van der Waals surface area contributed by atoms with E-state index in [-0.39, 0.29) is 5.91 Å². The van der Waals surface area contributed by atoms with E-state index < -0.39 is 5.97 Å². The molecule has 3 aromatic rings. The van der Waals surface area contributed by atoms with Crippen LogP contribution in [-0.4, -0.2) is 11.9 Å². The third-order valence-corrected chi connectivity index (χ3v) is 4.29. The number of nitrogens with one attached hydrogen (secondary N) is 1. The van der Waals surface area contributed by atoms with Gasteiger partial charge in [0, 0.05) is 22.3 Å². The van der Waals surface area contributed by atoms with Gasteiger partial charge in [-0.15, -0.1) is 0 Å². The lowest BCUT2D eigenvalue weighted by atomic mass is 10.2. The Hall–Kier alpha value is -3.37. The Morgan fingerprint density at radius 2 is 1.61 bits per heavy atom. The fraction of sp³-hybridized carbons (Fsp3) is 0.0435. The molecule has 4 nitrogen and oxygen atoms in total. The highest BCUT2D eigenvalue weighted by Crippen LogP contribution is 2.18. The van der Waals surface area contributed by atoms with Crippen LogP contribution in [-0.2, 0) is 4.79 Å². The van der Waals surface area contributed by atoms with E-state index in [2.05, 4.69) is 5.32 Å². The minimum Gasteiger partial charge on any atom is -0.423 e. The van der Waals surface area contributed by atoms with Gasteiger partial charge in [-0.25, -0.2) is 4.79 Å². The second-order valence-corrected chi connectivity index (χ2v) is 6.53. The summed E-state index contributed by atoms with van der Waals surface area (Å²) in [7, 11) is 0. The Labute approximate surface area is 168 Å². The molecule has 0 aliphatic heterocycles. The fourth-order valence-corrected chi connectivity index (χ4v) is 2.63. The summed E-state index contributed by atoms with van der Waals surface area (Å²) in [5, 5.41) is 3.37. The van der Waals surface area contributed by atoms with Gasteiger partial charge in [-0.1, -0.05) is 47.5 Å². The molecule has 3 rings (SSSR count). The zero-order valence-corrected chi connectivity index (χ0v) is 15.9. The maximum atomic E-state index is 12.3. The summed E-state index contributed by atoms with van der Waals surface area (Å²) in [6, 6.07) is 21.1. The molecule has 0 unspecified atom stereocenters. The van der Waals surface area contributed by atoms with Gasteiger partial charge in [-0.3, -0.25) is 4.79 Å². The van der Waals surface area contributed by atoms with Crippen LogP contribution in [0.1, 0.15) is 21.5 Å². The largest absolute Gasteiger partial charge is 0.423 e. The number of hydrogen-bond acceptors (Lipinski definition) is 3. The number of esters is 1. The maximum absolute atomic E-state index is 12.3. The van der Waals surface area contributed by atoms with E-state index >= 15 is 0 Å². The number of rotatable bonds is 5. The van der Waals surface area contributed by atoms with Crippen molar-refractivity contribution in [3.05, 3.63) is 101 Å². The number of halogens is 1. The summed E-state index contributed by atoms with van der Waals surface area (Å²) in [5.74, 6) is -0.419. The van der Waals surface area contributed by atoms with E-state index in [0.717, 1.165) is 16.8 Å². The number of ether oxygens (including phenoxy) is 1. The molecule has 140 valence electrons. The van der Waals surface area contributed by atoms with Crippen molar-refractivity contribution in [1.29, 1.82) is 0 Å². The fourth-order valence-electron chi connectivity index (χ4n) is 2.43. The molecule has 0 radical (unpaired) electrons. The number of aryl methyl sites for hydroxylation is 1. The van der Waals surface area contributed by atoms with E-state index in [1.807, 2.05) is 43.3 Å². The molecule has 0 fully saturated rings. The van der Waals surface area contributed by atoms with Gasteiger partial charge in [0.1, 0.15) is 5.75 Å². The molecule has 0 aliphatic carbocycles. The van der Waals surface area contributed by atoms with Crippen LogP contribution >= 0.6 is 11.6 Å². The first-order valence-corrected chi connectivity index (χ1v) is 9.01. The normalized spacial score (nSPS) is 10.6. The van der Waals surface area contributed by atoms with Gasteiger partial charge in [0.25, 0.3) is 5.91 Å². The van der Waals surface area contributed by atoms with Gasteiger partial charge in [0.05, 0.1) is 0 Å². The van der Waals surface area contributed by atoms with Crippen molar-refractivity contribution in [3.8, 4) is 5.75 Å². The first kappa shape index (κ1) is 19.4. The molecular weight excluding hydrogens is 374 g/mol. The molecule has 1 amide bonds. The quantitative estimate of drug-likeness (QED) is 0.354. The number of hydrogen-bond donors (Lipinski definition) is 1. The van der Waals surface area contributed by atoms with Crippen LogP contribution in [0.5, 0.6) is 5.75 Å². The first-order valence-electron chi connectivity index (χ1n) is 8.64. The molecule has 0 saturated heterocycles. The molecule has 0 spiro atoms. The lowest BCUT2D eigenvalue weighted by molar-refractivity contribution is -0.128. The van der Waals surface area contributed by atoms with Crippen molar-refractivity contribution in [3.63, 3.8) is 0 Å². The van der Waals surface area contributed by atoms with Crippen LogP contribution in [0, 0.1) is 6.92 Å². The highest BCUT2D eigenvalue weighted by Gasteiger charge is 2.07. The lowest BCUT2D eigenvalue weighted by Crippen LogP contribution is -2.12. The highest BCUT2D eigenvalue weighted by atomic mass is 35.5. The van der Waals surface area contributed by atoms with Crippen molar-refractivity contribution < 1.29 is 14.3 Å². The van der Waals surface area contributed by atoms with Crippen molar-refractivity contribution >= 4 is 35.2 Å². The number of amides is 1. The highest BCUT2D eigenvalue weighted by molar-refractivity contribution is 6.32. The van der Waals surface area contributed by atoms with E-state index in [9.17, 15) is 9.59 Å². The van der Waals surface area contributed by atoms with Gasteiger partial charge in [-0.2, -0.15) is 0 Å². The summed E-state index contributed by atoms with van der Waals surface area (Å²) in [6.07, 6.45) is 2.90. The van der Waals surface area contributed by atoms with E-state index in [4.69, 9.17) is 16.3 Å². The second-order valence-electron chi connectivity index (χ2n) is 6.12. The van der Waals surface area contributed by atoms with Gasteiger partial charge >= 0.3 is 5.97 Å². The third kappa shape index (κ3) is 5.32. The Bertz CT molecular complexity index is 1010. The predicted molar refractivity (Wildman–Crippen MR) is 112 cm³/mol. The van der Waals surface area contributed by atoms with Crippen LogP contribution in [0.2, 0.25) is 5.02 Å². The molecule has 0 aliphatic rings. The molecule has 0 aromatic heterocycles. The predicted octanol–water partition coefficient (Wildman–Crippen LogP) is 5.52. The molecule has 28 heavy (non-hydrogen) atoms. The molecule has 5 heteroatoms. The number of carbonyl (C=O) groups excluding carboxylic acids is 2. The van der Waals surface area contributed by atoms with Gasteiger partial charge < -0.3 is 10.1 Å². The Balaban J connectivity index is 1.59. The topological polar surface area (TPSA) is 55.4 Å². The monoisotopic (exact) mass is 391 g/mol. The molecule has 3 aromatic carbocycles. The van der Waals surface area contributed by atoms with Crippen LogP contribution in [0.4, 0.5) is 5.69 Å². The SMILES string of the molecule is Cc1ccc(NC(=O)c2ccc(OC(=O)/C=C/c3ccccc3Cl)cc2)cc1. The standard InChI is InChI=1S/C23H18ClNO3/c1-16-6-11-19(12-7-16)25-23(27)18-8-13-20(14-9-18)28-22(26)15-10-17-4-2-3-5-21(17)24/h2-15H,1H3,(H,25,27)/b15-10+. The van der Waals surface area contributed by atoms with Crippen LogP contribution in [0.15, 0.2) is 78.9 Å². The number of anilines is 1. The van der Waals surface area contributed by atoms with E-state index in [0.29, 0.717) is 16.3 Å². The zero-order valence-electron chi connectivity index (χ0n) is 15.2. The zero-order chi connectivity index (χ0) is 19.9. The molecular formula is C23H18ClNO3. The first-order chi connectivity index (χ1) is 13.5. The van der Waals surface area contributed by atoms with Crippen molar-refractivity contribution in [2.75, 3.05) is 5.32 Å². The molecule has 0 bridgehead atoms. The van der Waals surface area contributed by atoms with Crippen LogP contribution < -0.4 is 10.1 Å². The Morgan fingerprint density at radius 1 is 0.929 bits per heavy atom. The average molecular weight is 392 g/mol. The van der Waals surface area contributed by atoms with E-state index in [1.165, 1.54) is 6.08 Å². The molecule has 0 heterocycles. The smallest absolute Gasteiger partial charge is 0.336 e. The molecule has 1 N–H and O–H groups in total. The summed E-state index contributed by atoms with van der Waals surface area (Å²) < 4.78 is 5.24. The number of carbonyl (C=O) groups is 2. The second kappa shape index (κ2) is 9.02. The molecule has 0 saturated carbocycles. The summed E-state index contributed by atoms with van der Waals surface area (Å²) in [6.45, 7) is 1.98. The van der Waals surface area contributed by atoms with Gasteiger partial charge in [0.15, 0.2) is 0 Å². The number of benzene rings is 3. The Morgan fingerprint density at radius 3 is 2.29 bits per heavy atom. The minimum atomic E-state index is -0.531. The van der Waals surface area contributed by atoms with Crippen molar-refractivity contribution in [2.24, 2.45) is 0 Å². The summed E-state index contributed by atoms with van der Waals surface area (Å²) in [5.41, 5.74) is 3.03. The van der Waals surface area contributed by atoms with Gasteiger partial charge in [-0.05, 0) is 61.0 Å². The Kier molecular flexibility index (Phi) is 6.25. The van der Waals surface area contributed by atoms with E-state index in [1.54, 1.807) is 42.5 Å². The van der Waals surface area contributed by atoms with Crippen molar-refractivity contribution in [1.82, 2.24) is 0 Å². The van der Waals surface area contributed by atoms with Crippen LogP contribution in [0.25, 0.3) is 6.08 Å². The summed E-state index contributed by atoms with van der Waals surface area (Å²) in [4.78, 5) is 24.2. The molecule has 0 atom stereocenters. The summed E-state index contributed by atoms with van der Waals surface area (Å²) >= 11 is 6.04. The average Bonchev–Trinajstić information content (AvgIpc) is 2.69. The van der Waals surface area contributed by atoms with Crippen LogP contribution in [0.3, 0.4) is 0 Å². The third-order valence-electron chi connectivity index (χ3n) is 3.95. The maximum Gasteiger partial charge on any atom is 0.336 e. The minimum absolute atomic E-state index is 0.236. The van der Waals surface area contributed by atoms with Gasteiger partial charge in [0.2, 0.25) is 0 Å². The van der Waals surface area contributed by atoms with Crippen molar-refractivity contribution in [2.45, 2.75) is 6.92 Å². The lowest BCUT2D eigenvalue weighted by Gasteiger charge is -2.07.